The largest absolute Gasteiger partial charge is 0.479 e. The predicted molar refractivity (Wildman–Crippen MR) is 124 cm³/mol. The second-order valence-electron chi connectivity index (χ2n) is 7.40. The fourth-order valence-corrected chi connectivity index (χ4v) is 3.99. The molecule has 2 N–H and O–H groups in total. The third-order valence-electron chi connectivity index (χ3n) is 4.86. The lowest BCUT2D eigenvalue weighted by Gasteiger charge is -2.19. The summed E-state index contributed by atoms with van der Waals surface area (Å²) < 4.78 is 16.2. The smallest absolute Gasteiger partial charge is 0.245 e. The maximum atomic E-state index is 5.51. The topological polar surface area (TPSA) is 128 Å². The van der Waals surface area contributed by atoms with Crippen molar-refractivity contribution in [3.63, 3.8) is 0 Å². The van der Waals surface area contributed by atoms with Crippen molar-refractivity contribution in [2.24, 2.45) is 0 Å². The van der Waals surface area contributed by atoms with Gasteiger partial charge in [0.25, 0.3) is 0 Å². The summed E-state index contributed by atoms with van der Waals surface area (Å²) in [5, 5.41) is 10.9. The zero-order valence-electron chi connectivity index (χ0n) is 19.1. The predicted octanol–water partition coefficient (Wildman–Crippen LogP) is 1.87. The van der Waals surface area contributed by atoms with Gasteiger partial charge >= 0.3 is 0 Å². The number of aryl methyl sites for hydroxylation is 1. The van der Waals surface area contributed by atoms with Crippen molar-refractivity contribution in [2.75, 3.05) is 26.0 Å². The number of nitrogens with zero attached hydrogens (tertiary/aromatic N) is 8. The Balaban J connectivity index is 1.64. The SMILES string of the molecule is COc1ncnc(OC)c1-n1c(NSC(C)Cc2cnc(C)cn2)nnc1C1C=CN(C)N1. The molecule has 0 spiro atoms. The van der Waals surface area contributed by atoms with Crippen molar-refractivity contribution in [1.29, 1.82) is 0 Å². The van der Waals surface area contributed by atoms with Crippen molar-refractivity contribution < 1.29 is 9.47 Å². The lowest BCUT2D eigenvalue weighted by Crippen LogP contribution is -2.28. The van der Waals surface area contributed by atoms with E-state index in [-0.39, 0.29) is 11.3 Å². The number of aromatic nitrogens is 7. The van der Waals surface area contributed by atoms with Gasteiger partial charge in [-0.25, -0.2) is 5.43 Å². The molecule has 0 saturated heterocycles. The van der Waals surface area contributed by atoms with Gasteiger partial charge in [0.05, 0.1) is 25.6 Å². The van der Waals surface area contributed by atoms with Crippen LogP contribution in [0.5, 0.6) is 11.8 Å². The molecule has 0 radical (unpaired) electrons. The average Bonchev–Trinajstić information content (AvgIpc) is 3.44. The van der Waals surface area contributed by atoms with Crippen molar-refractivity contribution in [2.45, 2.75) is 31.6 Å². The summed E-state index contributed by atoms with van der Waals surface area (Å²) in [6.07, 6.45) is 9.61. The lowest BCUT2D eigenvalue weighted by atomic mass is 10.2. The molecule has 1 aliphatic rings. The molecular weight excluding hydrogens is 444 g/mol. The molecule has 0 bridgehead atoms. The van der Waals surface area contributed by atoms with Crippen LogP contribution >= 0.6 is 11.9 Å². The zero-order valence-corrected chi connectivity index (χ0v) is 19.9. The molecule has 2 atom stereocenters. The molecule has 174 valence electrons. The van der Waals surface area contributed by atoms with E-state index in [4.69, 9.17) is 9.47 Å². The average molecular weight is 471 g/mol. The summed E-state index contributed by atoms with van der Waals surface area (Å²) in [5.74, 6) is 1.80. The van der Waals surface area contributed by atoms with Gasteiger partial charge in [-0.2, -0.15) is 9.97 Å². The van der Waals surface area contributed by atoms with Crippen LogP contribution in [0.2, 0.25) is 0 Å². The first kappa shape index (κ1) is 22.7. The quantitative estimate of drug-likeness (QED) is 0.443. The number of hydrogen-bond acceptors (Lipinski definition) is 12. The molecule has 0 aliphatic carbocycles. The number of hydrazine groups is 1. The minimum atomic E-state index is -0.210. The van der Waals surface area contributed by atoms with E-state index < -0.39 is 0 Å². The molecule has 13 heteroatoms. The molecule has 0 fully saturated rings. The Morgan fingerprint density at radius 3 is 2.48 bits per heavy atom. The summed E-state index contributed by atoms with van der Waals surface area (Å²) in [6.45, 7) is 4.02. The fourth-order valence-electron chi connectivity index (χ4n) is 3.30. The van der Waals surface area contributed by atoms with E-state index in [0.29, 0.717) is 29.2 Å². The van der Waals surface area contributed by atoms with E-state index in [9.17, 15) is 0 Å². The summed E-state index contributed by atoms with van der Waals surface area (Å²) in [6, 6.07) is -0.210. The summed E-state index contributed by atoms with van der Waals surface area (Å²) in [5.41, 5.74) is 5.62. The fraction of sp³-hybridized carbons (Fsp3) is 0.400. The van der Waals surface area contributed by atoms with E-state index in [1.165, 1.54) is 18.3 Å². The molecular formula is C20H26N10O2S. The van der Waals surface area contributed by atoms with Gasteiger partial charge in [0.1, 0.15) is 12.4 Å². The number of ether oxygens (including phenoxy) is 2. The number of methoxy groups -OCH3 is 2. The minimum absolute atomic E-state index is 0.182. The van der Waals surface area contributed by atoms with Crippen LogP contribution in [0.4, 0.5) is 5.95 Å². The van der Waals surface area contributed by atoms with Crippen LogP contribution in [-0.4, -0.2) is 66.2 Å². The van der Waals surface area contributed by atoms with Crippen LogP contribution in [0.1, 0.15) is 30.2 Å². The molecule has 0 amide bonds. The second kappa shape index (κ2) is 10.0. The van der Waals surface area contributed by atoms with Crippen LogP contribution in [-0.2, 0) is 6.42 Å². The summed E-state index contributed by atoms with van der Waals surface area (Å²) in [4.78, 5) is 17.3. The molecule has 33 heavy (non-hydrogen) atoms. The molecule has 3 aromatic heterocycles. The molecule has 0 saturated carbocycles. The van der Waals surface area contributed by atoms with Crippen molar-refractivity contribution in [3.05, 3.63) is 48.2 Å². The standard InChI is InChI=1S/C20H26N10O2S/c1-12-9-22-14(10-21-12)8-13(2)33-28-20-26-25-17(15-6-7-29(3)27-15)30(20)16-18(31-4)23-11-24-19(16)32-5/h6-7,9-11,13,15,27H,8H2,1-5H3,(H,26,28). The first-order valence-electron chi connectivity index (χ1n) is 10.2. The maximum Gasteiger partial charge on any atom is 0.245 e. The summed E-state index contributed by atoms with van der Waals surface area (Å²) in [7, 11) is 5.00. The normalized spacial score (nSPS) is 16.2. The van der Waals surface area contributed by atoms with Gasteiger partial charge in [0.2, 0.25) is 17.7 Å². The van der Waals surface area contributed by atoms with Gasteiger partial charge in [-0.3, -0.25) is 19.3 Å². The zero-order chi connectivity index (χ0) is 23.4. The van der Waals surface area contributed by atoms with Crippen LogP contribution < -0.4 is 19.6 Å². The van der Waals surface area contributed by atoms with Crippen LogP contribution in [0.25, 0.3) is 5.69 Å². The van der Waals surface area contributed by atoms with Crippen molar-refractivity contribution in [1.82, 2.24) is 45.1 Å². The molecule has 4 rings (SSSR count). The van der Waals surface area contributed by atoms with E-state index >= 15 is 0 Å². The Kier molecular flexibility index (Phi) is 6.89. The van der Waals surface area contributed by atoms with Crippen molar-refractivity contribution in [3.8, 4) is 17.4 Å². The molecule has 12 nitrogen and oxygen atoms in total. The minimum Gasteiger partial charge on any atom is -0.479 e. The van der Waals surface area contributed by atoms with Gasteiger partial charge in [-0.1, -0.05) is 6.92 Å². The van der Waals surface area contributed by atoms with E-state index in [1.807, 2.05) is 35.8 Å². The Morgan fingerprint density at radius 1 is 1.12 bits per heavy atom. The van der Waals surface area contributed by atoms with Crippen LogP contribution in [0.15, 0.2) is 31.0 Å². The van der Waals surface area contributed by atoms with Crippen LogP contribution in [0, 0.1) is 6.92 Å². The first-order chi connectivity index (χ1) is 16.0. The van der Waals surface area contributed by atoms with Gasteiger partial charge in [0, 0.05) is 37.3 Å². The Bertz CT molecular complexity index is 1100. The van der Waals surface area contributed by atoms with E-state index in [1.54, 1.807) is 26.6 Å². The second-order valence-corrected chi connectivity index (χ2v) is 8.65. The van der Waals surface area contributed by atoms with E-state index in [0.717, 1.165) is 17.8 Å². The number of hydrogen-bond donors (Lipinski definition) is 2. The third kappa shape index (κ3) is 4.98. The third-order valence-corrected chi connectivity index (χ3v) is 5.73. The van der Waals surface area contributed by atoms with Crippen LogP contribution in [0.3, 0.4) is 0 Å². The highest BCUT2D eigenvalue weighted by atomic mass is 32.2. The maximum absolute atomic E-state index is 5.51. The Hall–Kier alpha value is -3.45. The number of rotatable bonds is 9. The highest BCUT2D eigenvalue weighted by Gasteiger charge is 2.29. The lowest BCUT2D eigenvalue weighted by molar-refractivity contribution is 0.325. The van der Waals surface area contributed by atoms with Gasteiger partial charge in [0.15, 0.2) is 11.5 Å². The highest BCUT2D eigenvalue weighted by molar-refractivity contribution is 8.01. The Labute approximate surface area is 196 Å². The molecule has 3 aromatic rings. The molecule has 4 heterocycles. The van der Waals surface area contributed by atoms with Crippen molar-refractivity contribution >= 4 is 17.9 Å². The first-order valence-corrected chi connectivity index (χ1v) is 11.1. The monoisotopic (exact) mass is 470 g/mol. The molecule has 2 unspecified atom stereocenters. The number of nitrogens with one attached hydrogen (secondary N) is 2. The number of anilines is 1. The highest BCUT2D eigenvalue weighted by Crippen LogP contribution is 2.35. The molecule has 1 aliphatic heterocycles. The van der Waals surface area contributed by atoms with E-state index in [2.05, 4.69) is 47.2 Å². The summed E-state index contributed by atoms with van der Waals surface area (Å²) >= 11 is 1.51. The van der Waals surface area contributed by atoms with Gasteiger partial charge < -0.3 is 14.5 Å². The molecule has 0 aromatic carbocycles. The Morgan fingerprint density at radius 2 is 1.88 bits per heavy atom. The van der Waals surface area contributed by atoms with Gasteiger partial charge in [-0.05, 0) is 24.9 Å². The van der Waals surface area contributed by atoms with Gasteiger partial charge in [-0.15, -0.1) is 10.2 Å².